The van der Waals surface area contributed by atoms with E-state index in [1.165, 1.54) is 0 Å². The van der Waals surface area contributed by atoms with E-state index in [0.717, 1.165) is 11.6 Å². The van der Waals surface area contributed by atoms with Crippen LogP contribution < -0.4 is 15.0 Å². The fourth-order valence-electron chi connectivity index (χ4n) is 3.30. The van der Waals surface area contributed by atoms with Gasteiger partial charge in [0.2, 0.25) is 0 Å². The molecule has 3 aromatic rings. The first kappa shape index (κ1) is 20.9. The summed E-state index contributed by atoms with van der Waals surface area (Å²) in [6, 6.07) is 14.5. The van der Waals surface area contributed by atoms with E-state index in [0.29, 0.717) is 48.6 Å². The van der Waals surface area contributed by atoms with Crippen molar-refractivity contribution in [1.82, 2.24) is 19.9 Å². The minimum atomic E-state index is -0.0361. The first-order valence-corrected chi connectivity index (χ1v) is 10.4. The standard InChI is InChI=1S/C22H23ClN6O2/c1-16-25-20(27-19-4-2-3-9-24-19)14-21(26-16)28-10-12-29(13-11-28)22(30)15-31-18-7-5-17(23)6-8-18/h2-9,14H,10-13,15H2,1H3,(H,24,25,26,27). The zero-order valence-electron chi connectivity index (χ0n) is 17.2. The van der Waals surface area contributed by atoms with Crippen molar-refractivity contribution in [1.29, 1.82) is 0 Å². The summed E-state index contributed by atoms with van der Waals surface area (Å²) >= 11 is 5.87. The highest BCUT2D eigenvalue weighted by atomic mass is 35.5. The smallest absolute Gasteiger partial charge is 0.260 e. The Hall–Kier alpha value is -3.39. The molecule has 1 aromatic carbocycles. The van der Waals surface area contributed by atoms with E-state index in [1.54, 1.807) is 30.5 Å². The second kappa shape index (κ2) is 9.61. The Kier molecular flexibility index (Phi) is 6.47. The number of carbonyl (C=O) groups excluding carboxylic acids is 1. The zero-order valence-corrected chi connectivity index (χ0v) is 17.9. The minimum absolute atomic E-state index is 0.00634. The highest BCUT2D eigenvalue weighted by molar-refractivity contribution is 6.30. The number of halogens is 1. The summed E-state index contributed by atoms with van der Waals surface area (Å²) in [5.41, 5.74) is 0. The number of ether oxygens (including phenoxy) is 1. The third-order valence-electron chi connectivity index (χ3n) is 4.88. The van der Waals surface area contributed by atoms with Crippen LogP contribution in [0.5, 0.6) is 5.75 Å². The van der Waals surface area contributed by atoms with Gasteiger partial charge in [0.05, 0.1) is 0 Å². The van der Waals surface area contributed by atoms with E-state index in [4.69, 9.17) is 16.3 Å². The third-order valence-corrected chi connectivity index (χ3v) is 5.13. The molecule has 1 aliphatic rings. The molecule has 31 heavy (non-hydrogen) atoms. The number of hydrogen-bond acceptors (Lipinski definition) is 7. The summed E-state index contributed by atoms with van der Waals surface area (Å²) in [5, 5.41) is 3.84. The monoisotopic (exact) mass is 438 g/mol. The first-order valence-electron chi connectivity index (χ1n) is 10.0. The number of pyridine rings is 1. The largest absolute Gasteiger partial charge is 0.484 e. The fourth-order valence-corrected chi connectivity index (χ4v) is 3.42. The molecule has 0 radical (unpaired) electrons. The number of anilines is 3. The topological polar surface area (TPSA) is 83.5 Å². The van der Waals surface area contributed by atoms with Gasteiger partial charge in [-0.25, -0.2) is 15.0 Å². The first-order chi connectivity index (χ1) is 15.1. The number of hydrogen-bond donors (Lipinski definition) is 1. The maximum atomic E-state index is 12.5. The lowest BCUT2D eigenvalue weighted by Gasteiger charge is -2.35. The number of nitrogens with zero attached hydrogens (tertiary/aromatic N) is 5. The molecule has 0 spiro atoms. The van der Waals surface area contributed by atoms with Gasteiger partial charge >= 0.3 is 0 Å². The Balaban J connectivity index is 1.32. The Bertz CT molecular complexity index is 1020. The molecule has 0 saturated carbocycles. The maximum Gasteiger partial charge on any atom is 0.260 e. The van der Waals surface area contributed by atoms with E-state index in [9.17, 15) is 4.79 Å². The average molecular weight is 439 g/mol. The molecular weight excluding hydrogens is 416 g/mol. The second-order valence-corrected chi connectivity index (χ2v) is 7.55. The highest BCUT2D eigenvalue weighted by Crippen LogP contribution is 2.20. The van der Waals surface area contributed by atoms with Gasteiger partial charge in [0, 0.05) is 43.5 Å². The Morgan fingerprint density at radius 1 is 1.06 bits per heavy atom. The Morgan fingerprint density at radius 2 is 1.84 bits per heavy atom. The van der Waals surface area contributed by atoms with Gasteiger partial charge in [-0.1, -0.05) is 17.7 Å². The quantitative estimate of drug-likeness (QED) is 0.632. The number of amides is 1. The van der Waals surface area contributed by atoms with Crippen molar-refractivity contribution in [2.45, 2.75) is 6.92 Å². The lowest BCUT2D eigenvalue weighted by atomic mass is 10.3. The molecule has 1 N–H and O–H groups in total. The summed E-state index contributed by atoms with van der Waals surface area (Å²) in [4.78, 5) is 29.8. The second-order valence-electron chi connectivity index (χ2n) is 7.11. The van der Waals surface area contributed by atoms with Gasteiger partial charge in [-0.15, -0.1) is 0 Å². The summed E-state index contributed by atoms with van der Waals surface area (Å²) < 4.78 is 5.58. The minimum Gasteiger partial charge on any atom is -0.484 e. The van der Waals surface area contributed by atoms with Crippen molar-refractivity contribution in [3.63, 3.8) is 0 Å². The number of aryl methyl sites for hydroxylation is 1. The van der Waals surface area contributed by atoms with Crippen LogP contribution in [-0.4, -0.2) is 58.5 Å². The van der Waals surface area contributed by atoms with E-state index in [2.05, 4.69) is 25.2 Å². The van der Waals surface area contributed by atoms with Crippen LogP contribution in [-0.2, 0) is 4.79 Å². The molecule has 4 rings (SSSR count). The fraction of sp³-hybridized carbons (Fsp3) is 0.273. The van der Waals surface area contributed by atoms with E-state index >= 15 is 0 Å². The molecule has 1 aliphatic heterocycles. The van der Waals surface area contributed by atoms with Crippen LogP contribution in [0.15, 0.2) is 54.7 Å². The van der Waals surface area contributed by atoms with Crippen LogP contribution in [0.25, 0.3) is 0 Å². The Morgan fingerprint density at radius 3 is 2.55 bits per heavy atom. The lowest BCUT2D eigenvalue weighted by Crippen LogP contribution is -2.50. The van der Waals surface area contributed by atoms with Gasteiger partial charge < -0.3 is 19.9 Å². The molecule has 160 valence electrons. The molecule has 1 fully saturated rings. The van der Waals surface area contributed by atoms with E-state index in [-0.39, 0.29) is 12.5 Å². The molecule has 1 amide bonds. The maximum absolute atomic E-state index is 12.5. The summed E-state index contributed by atoms with van der Waals surface area (Å²) in [6.45, 7) is 4.45. The van der Waals surface area contributed by atoms with Gasteiger partial charge in [-0.2, -0.15) is 0 Å². The SMILES string of the molecule is Cc1nc(Nc2ccccn2)cc(N2CCN(C(=O)COc3ccc(Cl)cc3)CC2)n1. The van der Waals surface area contributed by atoms with Crippen LogP contribution in [0.4, 0.5) is 17.5 Å². The van der Waals surface area contributed by atoms with Crippen LogP contribution in [0.3, 0.4) is 0 Å². The Labute approximate surface area is 185 Å². The molecule has 0 bridgehead atoms. The van der Waals surface area contributed by atoms with Crippen LogP contribution in [0, 0.1) is 6.92 Å². The van der Waals surface area contributed by atoms with Gasteiger partial charge in [0.25, 0.3) is 5.91 Å². The van der Waals surface area contributed by atoms with Gasteiger partial charge in [0.1, 0.15) is 29.0 Å². The van der Waals surface area contributed by atoms with Crippen LogP contribution in [0.1, 0.15) is 5.82 Å². The van der Waals surface area contributed by atoms with Crippen molar-refractivity contribution in [3.05, 3.63) is 65.6 Å². The molecule has 3 heterocycles. The number of benzene rings is 1. The number of nitrogens with one attached hydrogen (secondary N) is 1. The highest BCUT2D eigenvalue weighted by Gasteiger charge is 2.23. The van der Waals surface area contributed by atoms with E-state index < -0.39 is 0 Å². The van der Waals surface area contributed by atoms with Gasteiger partial charge in [-0.05, 0) is 43.3 Å². The molecule has 2 aromatic heterocycles. The van der Waals surface area contributed by atoms with Gasteiger partial charge in [-0.3, -0.25) is 4.79 Å². The average Bonchev–Trinajstić information content (AvgIpc) is 2.79. The van der Waals surface area contributed by atoms with Crippen molar-refractivity contribution in [2.24, 2.45) is 0 Å². The summed E-state index contributed by atoms with van der Waals surface area (Å²) in [5.74, 6) is 3.51. The normalized spacial score (nSPS) is 13.7. The molecule has 8 nitrogen and oxygen atoms in total. The number of rotatable bonds is 6. The van der Waals surface area contributed by atoms with Gasteiger partial charge in [0.15, 0.2) is 6.61 Å². The predicted octanol–water partition coefficient (Wildman–Crippen LogP) is 3.30. The molecule has 0 aliphatic carbocycles. The molecular formula is C22H23ClN6O2. The zero-order chi connectivity index (χ0) is 21.6. The number of carbonyl (C=O) groups is 1. The van der Waals surface area contributed by atoms with Crippen molar-refractivity contribution in [2.75, 3.05) is 43.0 Å². The molecule has 1 saturated heterocycles. The molecule has 9 heteroatoms. The third kappa shape index (κ3) is 5.61. The molecule has 0 atom stereocenters. The van der Waals surface area contributed by atoms with Crippen molar-refractivity contribution >= 4 is 35.0 Å². The predicted molar refractivity (Wildman–Crippen MR) is 120 cm³/mol. The van der Waals surface area contributed by atoms with Crippen LogP contribution >= 0.6 is 11.6 Å². The van der Waals surface area contributed by atoms with Crippen molar-refractivity contribution < 1.29 is 9.53 Å². The van der Waals surface area contributed by atoms with E-state index in [1.807, 2.05) is 36.1 Å². The lowest BCUT2D eigenvalue weighted by molar-refractivity contribution is -0.133. The van der Waals surface area contributed by atoms with Crippen molar-refractivity contribution in [3.8, 4) is 5.75 Å². The summed E-state index contributed by atoms with van der Waals surface area (Å²) in [7, 11) is 0. The number of piperazine rings is 1. The van der Waals surface area contributed by atoms with Crippen LogP contribution in [0.2, 0.25) is 5.02 Å². The summed E-state index contributed by atoms with van der Waals surface area (Å²) in [6.07, 6.45) is 1.73. The molecule has 0 unspecified atom stereocenters. The number of aromatic nitrogens is 3.